The molecule has 1 atom stereocenters. The maximum atomic E-state index is 11.1. The summed E-state index contributed by atoms with van der Waals surface area (Å²) in [5.41, 5.74) is 4.49. The Hall–Kier alpha value is -1.57. The number of aryl methyl sites for hydroxylation is 1. The molecule has 0 amide bonds. The van der Waals surface area contributed by atoms with E-state index in [0.29, 0.717) is 6.61 Å². The average molecular weight is 272 g/mol. The molecular weight excluding hydrogens is 248 g/mol. The number of fused-ring (bicyclic) bond motifs is 1. The van der Waals surface area contributed by atoms with Crippen LogP contribution in [0.15, 0.2) is 30.4 Å². The fourth-order valence-electron chi connectivity index (χ4n) is 2.84. The molecule has 0 unspecified atom stereocenters. The average Bonchev–Trinajstić information content (AvgIpc) is 2.78. The van der Waals surface area contributed by atoms with E-state index in [1.807, 2.05) is 13.0 Å². The van der Waals surface area contributed by atoms with E-state index in [2.05, 4.69) is 25.1 Å². The Morgan fingerprint density at radius 3 is 2.95 bits per heavy atom. The summed E-state index contributed by atoms with van der Waals surface area (Å²) in [4.78, 5) is 11.1. The third-order valence-corrected chi connectivity index (χ3v) is 3.78. The molecule has 0 N–H and O–H groups in total. The zero-order chi connectivity index (χ0) is 14.4. The van der Waals surface area contributed by atoms with Crippen molar-refractivity contribution in [2.75, 3.05) is 6.61 Å². The molecule has 1 aromatic carbocycles. The summed E-state index contributed by atoms with van der Waals surface area (Å²) in [5.74, 6) is 0.562. The number of benzene rings is 1. The van der Waals surface area contributed by atoms with Gasteiger partial charge in [-0.3, -0.25) is 0 Å². The predicted molar refractivity (Wildman–Crippen MR) is 81.7 cm³/mol. The van der Waals surface area contributed by atoms with Gasteiger partial charge in [-0.25, -0.2) is 4.79 Å². The number of carbonyl (C=O) groups is 1. The minimum atomic E-state index is -0.237. The van der Waals surface area contributed by atoms with Gasteiger partial charge in [-0.05, 0) is 61.6 Å². The molecule has 0 spiro atoms. The monoisotopic (exact) mass is 272 g/mol. The van der Waals surface area contributed by atoms with Crippen LogP contribution in [0.25, 0.3) is 0 Å². The zero-order valence-electron chi connectivity index (χ0n) is 12.5. The largest absolute Gasteiger partial charge is 0.463 e. The lowest BCUT2D eigenvalue weighted by Gasteiger charge is -2.04. The molecule has 0 radical (unpaired) electrons. The van der Waals surface area contributed by atoms with Gasteiger partial charge in [0.2, 0.25) is 0 Å². The van der Waals surface area contributed by atoms with Crippen LogP contribution in [0.4, 0.5) is 0 Å². The summed E-state index contributed by atoms with van der Waals surface area (Å²) < 4.78 is 4.84. The highest BCUT2D eigenvalue weighted by molar-refractivity contribution is 5.81. The molecule has 108 valence electrons. The SMILES string of the molecule is CCOC(=O)/C=C/CCCc1ccc2c(c1)C[C@H](C)C2. The Bertz CT molecular complexity index is 488. The van der Waals surface area contributed by atoms with E-state index in [4.69, 9.17) is 4.74 Å². The topological polar surface area (TPSA) is 26.3 Å². The predicted octanol–water partition coefficient (Wildman–Crippen LogP) is 3.86. The maximum absolute atomic E-state index is 11.1. The molecule has 0 bridgehead atoms. The summed E-state index contributed by atoms with van der Waals surface area (Å²) >= 11 is 0. The normalized spacial score (nSPS) is 17.4. The van der Waals surface area contributed by atoms with Gasteiger partial charge in [-0.2, -0.15) is 0 Å². The first-order chi connectivity index (χ1) is 9.69. The van der Waals surface area contributed by atoms with Gasteiger partial charge in [0.15, 0.2) is 0 Å². The van der Waals surface area contributed by atoms with Crippen LogP contribution in [0.1, 0.15) is 43.4 Å². The number of esters is 1. The van der Waals surface area contributed by atoms with Gasteiger partial charge in [-0.1, -0.05) is 31.2 Å². The van der Waals surface area contributed by atoms with Crippen molar-refractivity contribution in [2.24, 2.45) is 5.92 Å². The van der Waals surface area contributed by atoms with Gasteiger partial charge in [0, 0.05) is 6.08 Å². The van der Waals surface area contributed by atoms with E-state index >= 15 is 0 Å². The standard InChI is InChI=1S/C18H24O2/c1-3-20-18(19)8-6-4-5-7-15-9-10-16-11-14(2)12-17(16)13-15/h6,8-10,13-14H,3-5,7,11-12H2,1-2H3/b8-6+/t14-/m1/s1. The molecule has 0 saturated heterocycles. The van der Waals surface area contributed by atoms with E-state index < -0.39 is 0 Å². The quantitative estimate of drug-likeness (QED) is 0.446. The van der Waals surface area contributed by atoms with Gasteiger partial charge in [0.05, 0.1) is 6.61 Å². The lowest BCUT2D eigenvalue weighted by Crippen LogP contribution is -1.98. The number of unbranched alkanes of at least 4 members (excludes halogenated alkanes) is 1. The molecule has 1 aliphatic carbocycles. The lowest BCUT2D eigenvalue weighted by atomic mass is 10.0. The number of allylic oxidation sites excluding steroid dienone is 1. The highest BCUT2D eigenvalue weighted by atomic mass is 16.5. The summed E-state index contributed by atoms with van der Waals surface area (Å²) in [6.07, 6.45) is 8.98. The molecule has 0 aliphatic heterocycles. The van der Waals surface area contributed by atoms with E-state index in [1.165, 1.54) is 35.6 Å². The van der Waals surface area contributed by atoms with Gasteiger partial charge < -0.3 is 4.74 Å². The number of carbonyl (C=O) groups excluding carboxylic acids is 1. The van der Waals surface area contributed by atoms with Crippen molar-refractivity contribution in [1.82, 2.24) is 0 Å². The van der Waals surface area contributed by atoms with E-state index in [1.54, 1.807) is 0 Å². The second kappa shape index (κ2) is 7.28. The van der Waals surface area contributed by atoms with Crippen molar-refractivity contribution in [3.05, 3.63) is 47.0 Å². The molecule has 0 fully saturated rings. The van der Waals surface area contributed by atoms with Crippen LogP contribution in [-0.2, 0) is 28.8 Å². The zero-order valence-corrected chi connectivity index (χ0v) is 12.5. The molecule has 0 aromatic heterocycles. The molecule has 0 saturated carbocycles. The minimum absolute atomic E-state index is 0.237. The van der Waals surface area contributed by atoms with Crippen LogP contribution in [0, 0.1) is 5.92 Å². The summed E-state index contributed by atoms with van der Waals surface area (Å²) in [6.45, 7) is 4.58. The molecule has 2 nitrogen and oxygen atoms in total. The number of hydrogen-bond acceptors (Lipinski definition) is 2. The van der Waals surface area contributed by atoms with Crippen molar-refractivity contribution >= 4 is 5.97 Å². The van der Waals surface area contributed by atoms with Crippen LogP contribution < -0.4 is 0 Å². The fourth-order valence-corrected chi connectivity index (χ4v) is 2.84. The smallest absolute Gasteiger partial charge is 0.330 e. The number of rotatable bonds is 6. The van der Waals surface area contributed by atoms with Crippen LogP contribution >= 0.6 is 0 Å². The van der Waals surface area contributed by atoms with Crippen LogP contribution in [0.5, 0.6) is 0 Å². The van der Waals surface area contributed by atoms with Gasteiger partial charge in [0.1, 0.15) is 0 Å². The molecule has 20 heavy (non-hydrogen) atoms. The van der Waals surface area contributed by atoms with Crippen molar-refractivity contribution in [3.8, 4) is 0 Å². The van der Waals surface area contributed by atoms with Gasteiger partial charge in [0.25, 0.3) is 0 Å². The van der Waals surface area contributed by atoms with Crippen molar-refractivity contribution < 1.29 is 9.53 Å². The van der Waals surface area contributed by atoms with Crippen LogP contribution in [0.2, 0.25) is 0 Å². The Kier molecular flexibility index (Phi) is 5.40. The van der Waals surface area contributed by atoms with Crippen molar-refractivity contribution in [2.45, 2.75) is 46.0 Å². The van der Waals surface area contributed by atoms with Gasteiger partial charge in [-0.15, -0.1) is 0 Å². The second-order valence-corrected chi connectivity index (χ2v) is 5.66. The third kappa shape index (κ3) is 4.22. The first kappa shape index (κ1) is 14.8. The van der Waals surface area contributed by atoms with Crippen molar-refractivity contribution in [3.63, 3.8) is 0 Å². The highest BCUT2D eigenvalue weighted by Gasteiger charge is 2.17. The highest BCUT2D eigenvalue weighted by Crippen LogP contribution is 2.27. The second-order valence-electron chi connectivity index (χ2n) is 5.66. The minimum Gasteiger partial charge on any atom is -0.463 e. The molecule has 1 aromatic rings. The number of hydrogen-bond donors (Lipinski definition) is 0. The van der Waals surface area contributed by atoms with Crippen LogP contribution in [0.3, 0.4) is 0 Å². The Labute approximate surface area is 121 Å². The summed E-state index contributed by atoms with van der Waals surface area (Å²) in [6, 6.07) is 6.92. The molecule has 1 aliphatic rings. The Morgan fingerprint density at radius 2 is 2.15 bits per heavy atom. The molecule has 0 heterocycles. The molecular formula is C18H24O2. The first-order valence-electron chi connectivity index (χ1n) is 7.63. The Morgan fingerprint density at radius 1 is 1.35 bits per heavy atom. The van der Waals surface area contributed by atoms with E-state index in [9.17, 15) is 4.79 Å². The number of ether oxygens (including phenoxy) is 1. The molecule has 2 heteroatoms. The molecule has 2 rings (SSSR count). The summed E-state index contributed by atoms with van der Waals surface area (Å²) in [7, 11) is 0. The summed E-state index contributed by atoms with van der Waals surface area (Å²) in [5, 5.41) is 0. The van der Waals surface area contributed by atoms with E-state index in [-0.39, 0.29) is 5.97 Å². The third-order valence-electron chi connectivity index (χ3n) is 3.78. The van der Waals surface area contributed by atoms with Crippen LogP contribution in [-0.4, -0.2) is 12.6 Å². The Balaban J connectivity index is 1.75. The fraction of sp³-hybridized carbons (Fsp3) is 0.500. The van der Waals surface area contributed by atoms with Crippen molar-refractivity contribution in [1.29, 1.82) is 0 Å². The first-order valence-corrected chi connectivity index (χ1v) is 7.63. The lowest BCUT2D eigenvalue weighted by molar-refractivity contribution is -0.137. The maximum Gasteiger partial charge on any atom is 0.330 e. The van der Waals surface area contributed by atoms with E-state index in [0.717, 1.165) is 25.2 Å². The van der Waals surface area contributed by atoms with Gasteiger partial charge >= 0.3 is 5.97 Å².